The summed E-state index contributed by atoms with van der Waals surface area (Å²) in [6.07, 6.45) is 1.58. The van der Waals surface area contributed by atoms with E-state index in [0.717, 1.165) is 23.7 Å². The van der Waals surface area contributed by atoms with Crippen molar-refractivity contribution >= 4 is 27.7 Å². The first-order valence-corrected chi connectivity index (χ1v) is 7.90. The Morgan fingerprint density at radius 1 is 1.30 bits per heavy atom. The normalized spacial score (nSPS) is 22.6. The SMILES string of the molecule is CC1CCC(C(N)=O)CN1C(=O)c1ccc(CBr)cc1. The fourth-order valence-electron chi connectivity index (χ4n) is 2.52. The van der Waals surface area contributed by atoms with Gasteiger partial charge >= 0.3 is 0 Å². The Kier molecular flexibility index (Phi) is 4.81. The molecule has 0 aliphatic carbocycles. The van der Waals surface area contributed by atoms with E-state index in [4.69, 9.17) is 5.73 Å². The molecule has 1 aromatic rings. The number of rotatable bonds is 3. The van der Waals surface area contributed by atoms with Crippen molar-refractivity contribution in [3.05, 3.63) is 35.4 Å². The number of carbonyl (C=O) groups is 2. The molecule has 0 spiro atoms. The Bertz CT molecular complexity index is 501. The van der Waals surface area contributed by atoms with Crippen molar-refractivity contribution in [2.75, 3.05) is 6.54 Å². The van der Waals surface area contributed by atoms with Gasteiger partial charge in [-0.15, -0.1) is 0 Å². The summed E-state index contributed by atoms with van der Waals surface area (Å²) in [5, 5.41) is 0.769. The molecule has 108 valence electrons. The van der Waals surface area contributed by atoms with Crippen LogP contribution in [0.3, 0.4) is 0 Å². The van der Waals surface area contributed by atoms with Crippen LogP contribution in [-0.4, -0.2) is 29.3 Å². The minimum Gasteiger partial charge on any atom is -0.369 e. The van der Waals surface area contributed by atoms with E-state index in [-0.39, 0.29) is 23.8 Å². The topological polar surface area (TPSA) is 63.4 Å². The van der Waals surface area contributed by atoms with Crippen molar-refractivity contribution in [3.8, 4) is 0 Å². The van der Waals surface area contributed by atoms with E-state index < -0.39 is 0 Å². The van der Waals surface area contributed by atoms with E-state index >= 15 is 0 Å². The number of hydrogen-bond donors (Lipinski definition) is 1. The molecule has 2 N–H and O–H groups in total. The second kappa shape index (κ2) is 6.39. The minimum atomic E-state index is -0.315. The van der Waals surface area contributed by atoms with Crippen molar-refractivity contribution in [1.82, 2.24) is 4.90 Å². The number of alkyl halides is 1. The molecular weight excluding hydrogens is 320 g/mol. The van der Waals surface area contributed by atoms with Gasteiger partial charge in [0.15, 0.2) is 0 Å². The maximum Gasteiger partial charge on any atom is 0.254 e. The quantitative estimate of drug-likeness (QED) is 0.859. The Labute approximate surface area is 127 Å². The third-order valence-corrected chi connectivity index (χ3v) is 4.55. The Morgan fingerprint density at radius 2 is 1.95 bits per heavy atom. The van der Waals surface area contributed by atoms with Gasteiger partial charge in [-0.1, -0.05) is 28.1 Å². The molecular formula is C15H19BrN2O2. The van der Waals surface area contributed by atoms with Gasteiger partial charge in [-0.05, 0) is 37.5 Å². The smallest absolute Gasteiger partial charge is 0.254 e. The monoisotopic (exact) mass is 338 g/mol. The molecule has 2 unspecified atom stereocenters. The maximum absolute atomic E-state index is 12.5. The molecule has 0 aromatic heterocycles. The Balaban J connectivity index is 2.15. The molecule has 1 saturated heterocycles. The number of piperidine rings is 1. The van der Waals surface area contributed by atoms with E-state index in [1.165, 1.54) is 0 Å². The largest absolute Gasteiger partial charge is 0.369 e. The lowest BCUT2D eigenvalue weighted by molar-refractivity contribution is -0.123. The van der Waals surface area contributed by atoms with E-state index in [9.17, 15) is 9.59 Å². The number of primary amides is 1. The first kappa shape index (κ1) is 15.0. The van der Waals surface area contributed by atoms with Crippen LogP contribution in [0, 0.1) is 5.92 Å². The fraction of sp³-hybridized carbons (Fsp3) is 0.467. The van der Waals surface area contributed by atoms with E-state index in [1.807, 2.05) is 31.2 Å². The molecule has 1 aliphatic rings. The second-order valence-corrected chi connectivity index (χ2v) is 5.87. The Hall–Kier alpha value is -1.36. The second-order valence-electron chi connectivity index (χ2n) is 5.31. The van der Waals surface area contributed by atoms with Crippen LogP contribution in [0.1, 0.15) is 35.7 Å². The van der Waals surface area contributed by atoms with Gasteiger partial charge in [-0.2, -0.15) is 0 Å². The van der Waals surface area contributed by atoms with Crippen molar-refractivity contribution in [3.63, 3.8) is 0 Å². The molecule has 1 heterocycles. The summed E-state index contributed by atoms with van der Waals surface area (Å²) in [6.45, 7) is 2.44. The first-order chi connectivity index (χ1) is 9.52. The van der Waals surface area contributed by atoms with Gasteiger partial charge < -0.3 is 10.6 Å². The van der Waals surface area contributed by atoms with Crippen LogP contribution >= 0.6 is 15.9 Å². The lowest BCUT2D eigenvalue weighted by atomic mass is 9.92. The van der Waals surface area contributed by atoms with Gasteiger partial charge in [-0.3, -0.25) is 9.59 Å². The number of halogens is 1. The van der Waals surface area contributed by atoms with Crippen molar-refractivity contribution in [2.24, 2.45) is 11.7 Å². The predicted octanol–water partition coefficient (Wildman–Crippen LogP) is 2.31. The highest BCUT2D eigenvalue weighted by atomic mass is 79.9. The van der Waals surface area contributed by atoms with E-state index in [2.05, 4.69) is 15.9 Å². The van der Waals surface area contributed by atoms with Crippen LogP contribution in [0.15, 0.2) is 24.3 Å². The third-order valence-electron chi connectivity index (χ3n) is 3.90. The van der Waals surface area contributed by atoms with Crippen molar-refractivity contribution in [2.45, 2.75) is 31.1 Å². The molecule has 5 heteroatoms. The lowest BCUT2D eigenvalue weighted by Gasteiger charge is -2.37. The zero-order chi connectivity index (χ0) is 14.7. The molecule has 1 aromatic carbocycles. The van der Waals surface area contributed by atoms with Gasteiger partial charge in [0.25, 0.3) is 5.91 Å². The average Bonchev–Trinajstić information content (AvgIpc) is 2.47. The van der Waals surface area contributed by atoms with Crippen LogP contribution < -0.4 is 5.73 Å². The van der Waals surface area contributed by atoms with Gasteiger partial charge in [-0.25, -0.2) is 0 Å². The van der Waals surface area contributed by atoms with Gasteiger partial charge in [0, 0.05) is 23.5 Å². The number of hydrogen-bond acceptors (Lipinski definition) is 2. The van der Waals surface area contributed by atoms with Crippen LogP contribution in [0.25, 0.3) is 0 Å². The van der Waals surface area contributed by atoms with Crippen molar-refractivity contribution < 1.29 is 9.59 Å². The molecule has 1 fully saturated rings. The summed E-state index contributed by atoms with van der Waals surface area (Å²) in [6, 6.07) is 7.68. The summed E-state index contributed by atoms with van der Waals surface area (Å²) >= 11 is 3.38. The number of amides is 2. The van der Waals surface area contributed by atoms with Crippen LogP contribution in [0.5, 0.6) is 0 Å². The molecule has 1 aliphatic heterocycles. The van der Waals surface area contributed by atoms with Crippen LogP contribution in [0.4, 0.5) is 0 Å². The van der Waals surface area contributed by atoms with Crippen LogP contribution in [0.2, 0.25) is 0 Å². The van der Waals surface area contributed by atoms with Gasteiger partial charge in [0.2, 0.25) is 5.91 Å². The first-order valence-electron chi connectivity index (χ1n) is 6.78. The molecule has 0 radical (unpaired) electrons. The number of nitrogens with zero attached hydrogens (tertiary/aromatic N) is 1. The zero-order valence-electron chi connectivity index (χ0n) is 11.5. The van der Waals surface area contributed by atoms with E-state index in [1.54, 1.807) is 4.90 Å². The third kappa shape index (κ3) is 3.20. The lowest BCUT2D eigenvalue weighted by Crippen LogP contribution is -2.48. The highest BCUT2D eigenvalue weighted by Crippen LogP contribution is 2.23. The molecule has 0 bridgehead atoms. The highest BCUT2D eigenvalue weighted by molar-refractivity contribution is 9.08. The summed E-state index contributed by atoms with van der Waals surface area (Å²) in [5.41, 5.74) is 7.16. The predicted molar refractivity (Wildman–Crippen MR) is 81.5 cm³/mol. The fourth-order valence-corrected chi connectivity index (χ4v) is 2.90. The molecule has 2 amide bonds. The minimum absolute atomic E-state index is 0.0235. The number of benzene rings is 1. The number of nitrogens with two attached hydrogens (primary N) is 1. The molecule has 0 saturated carbocycles. The maximum atomic E-state index is 12.5. The molecule has 2 rings (SSSR count). The highest BCUT2D eigenvalue weighted by Gasteiger charge is 2.31. The summed E-state index contributed by atoms with van der Waals surface area (Å²) in [4.78, 5) is 25.6. The summed E-state index contributed by atoms with van der Waals surface area (Å²) in [5.74, 6) is -0.564. The van der Waals surface area contributed by atoms with Crippen molar-refractivity contribution in [1.29, 1.82) is 0 Å². The summed E-state index contributed by atoms with van der Waals surface area (Å²) in [7, 11) is 0. The summed E-state index contributed by atoms with van der Waals surface area (Å²) < 4.78 is 0. The van der Waals surface area contributed by atoms with Gasteiger partial charge in [0.1, 0.15) is 0 Å². The molecule has 4 nitrogen and oxygen atoms in total. The number of carbonyl (C=O) groups excluding carboxylic acids is 2. The molecule has 2 atom stereocenters. The van der Waals surface area contributed by atoms with E-state index in [0.29, 0.717) is 12.1 Å². The molecule has 20 heavy (non-hydrogen) atoms. The number of likely N-dealkylation sites (tertiary alicyclic amines) is 1. The van der Waals surface area contributed by atoms with Gasteiger partial charge in [0.05, 0.1) is 5.92 Å². The van der Waals surface area contributed by atoms with Crippen LogP contribution in [-0.2, 0) is 10.1 Å². The average molecular weight is 339 g/mol. The standard InChI is InChI=1S/C15H19BrN2O2/c1-10-2-5-13(14(17)19)9-18(10)15(20)12-6-3-11(8-16)4-7-12/h3-4,6-7,10,13H,2,5,8-9H2,1H3,(H2,17,19). The Morgan fingerprint density at radius 3 is 2.50 bits per heavy atom. The zero-order valence-corrected chi connectivity index (χ0v) is 13.1.